The largest absolute Gasteiger partial charge is 0.373 e. The van der Waals surface area contributed by atoms with Crippen LogP contribution in [0.2, 0.25) is 0 Å². The van der Waals surface area contributed by atoms with E-state index in [9.17, 15) is 4.79 Å². The van der Waals surface area contributed by atoms with Crippen molar-refractivity contribution in [3.8, 4) is 0 Å². The summed E-state index contributed by atoms with van der Waals surface area (Å²) in [7, 11) is 1.78. The molecule has 1 heterocycles. The molecule has 2 rings (SSSR count). The van der Waals surface area contributed by atoms with Gasteiger partial charge in [-0.05, 0) is 66.0 Å². The molecular weight excluding hydrogens is 330 g/mol. The average Bonchev–Trinajstić information content (AvgIpc) is 2.41. The fourth-order valence-electron chi connectivity index (χ4n) is 2.19. The molecule has 0 radical (unpaired) electrons. The Morgan fingerprint density at radius 1 is 1.14 bits per heavy atom. The number of benzene rings is 1. The van der Waals surface area contributed by atoms with E-state index in [1.807, 2.05) is 32.9 Å². The zero-order valence-corrected chi connectivity index (χ0v) is 14.1. The Morgan fingerprint density at radius 3 is 2.48 bits per heavy atom. The van der Waals surface area contributed by atoms with E-state index in [1.54, 1.807) is 19.2 Å². The van der Waals surface area contributed by atoms with Crippen molar-refractivity contribution in [1.29, 1.82) is 0 Å². The number of halogens is 1. The molecule has 1 amide bonds. The van der Waals surface area contributed by atoms with Gasteiger partial charge in [-0.2, -0.15) is 0 Å². The van der Waals surface area contributed by atoms with Crippen LogP contribution < -0.4 is 10.6 Å². The van der Waals surface area contributed by atoms with E-state index in [0.29, 0.717) is 11.4 Å². The molecule has 0 atom stereocenters. The van der Waals surface area contributed by atoms with Crippen LogP contribution in [0.15, 0.2) is 28.7 Å². The van der Waals surface area contributed by atoms with E-state index in [4.69, 9.17) is 0 Å². The normalized spacial score (nSPS) is 10.3. The molecule has 0 aliphatic heterocycles. The Hall–Kier alpha value is -1.88. The fraction of sp³-hybridized carbons (Fsp3) is 0.250. The van der Waals surface area contributed by atoms with Crippen molar-refractivity contribution < 1.29 is 4.79 Å². The zero-order chi connectivity index (χ0) is 15.6. The Labute approximate surface area is 133 Å². The second kappa shape index (κ2) is 6.26. The Bertz CT molecular complexity index is 675. The van der Waals surface area contributed by atoms with Gasteiger partial charge < -0.3 is 10.6 Å². The maximum absolute atomic E-state index is 12.4. The highest BCUT2D eigenvalue weighted by Crippen LogP contribution is 2.28. The maximum atomic E-state index is 12.4. The summed E-state index contributed by atoms with van der Waals surface area (Å²) in [5.41, 5.74) is 4.35. The SMILES string of the molecule is CNc1cc(C(=O)Nc2c(C)cc(C)cc2Br)cc(C)n1. The molecule has 0 saturated heterocycles. The number of anilines is 2. The molecule has 0 bridgehead atoms. The molecule has 5 heteroatoms. The van der Waals surface area contributed by atoms with Crippen LogP contribution in [-0.2, 0) is 0 Å². The molecular formula is C16H18BrN3O. The molecule has 0 spiro atoms. The summed E-state index contributed by atoms with van der Waals surface area (Å²) in [6.07, 6.45) is 0. The van der Waals surface area contributed by atoms with Crippen molar-refractivity contribution in [1.82, 2.24) is 4.98 Å². The smallest absolute Gasteiger partial charge is 0.255 e. The number of carbonyl (C=O) groups is 1. The van der Waals surface area contributed by atoms with Gasteiger partial charge in [-0.25, -0.2) is 4.98 Å². The number of carbonyl (C=O) groups excluding carboxylic acids is 1. The number of aromatic nitrogens is 1. The van der Waals surface area contributed by atoms with Crippen LogP contribution >= 0.6 is 15.9 Å². The lowest BCUT2D eigenvalue weighted by molar-refractivity contribution is 0.102. The van der Waals surface area contributed by atoms with E-state index < -0.39 is 0 Å². The first-order valence-corrected chi connectivity index (χ1v) is 7.44. The van der Waals surface area contributed by atoms with Gasteiger partial charge in [0.1, 0.15) is 5.82 Å². The Morgan fingerprint density at radius 2 is 1.86 bits per heavy atom. The molecule has 0 aliphatic carbocycles. The van der Waals surface area contributed by atoms with Crippen LogP contribution in [0, 0.1) is 20.8 Å². The van der Waals surface area contributed by atoms with Gasteiger partial charge in [0.05, 0.1) is 5.69 Å². The third kappa shape index (κ3) is 3.61. The van der Waals surface area contributed by atoms with E-state index >= 15 is 0 Å². The van der Waals surface area contributed by atoms with Gasteiger partial charge in [0.25, 0.3) is 5.91 Å². The van der Waals surface area contributed by atoms with Crippen molar-refractivity contribution >= 4 is 33.3 Å². The minimum absolute atomic E-state index is 0.148. The number of rotatable bonds is 3. The molecule has 1 aromatic carbocycles. The first-order chi connectivity index (χ1) is 9.90. The molecule has 0 saturated carbocycles. The predicted molar refractivity (Wildman–Crippen MR) is 90.1 cm³/mol. The van der Waals surface area contributed by atoms with Crippen LogP contribution in [0.25, 0.3) is 0 Å². The van der Waals surface area contributed by atoms with Gasteiger partial charge >= 0.3 is 0 Å². The van der Waals surface area contributed by atoms with Crippen LogP contribution in [0.4, 0.5) is 11.5 Å². The third-order valence-electron chi connectivity index (χ3n) is 3.14. The lowest BCUT2D eigenvalue weighted by Crippen LogP contribution is -2.14. The first-order valence-electron chi connectivity index (χ1n) is 6.65. The summed E-state index contributed by atoms with van der Waals surface area (Å²) in [6.45, 7) is 5.86. The molecule has 0 fully saturated rings. The summed E-state index contributed by atoms with van der Waals surface area (Å²) < 4.78 is 0.882. The van der Waals surface area contributed by atoms with Crippen LogP contribution in [0.5, 0.6) is 0 Å². The summed E-state index contributed by atoms with van der Waals surface area (Å²) in [5, 5.41) is 5.92. The van der Waals surface area contributed by atoms with Crippen molar-refractivity contribution in [2.45, 2.75) is 20.8 Å². The van der Waals surface area contributed by atoms with Crippen molar-refractivity contribution in [2.24, 2.45) is 0 Å². The van der Waals surface area contributed by atoms with Crippen LogP contribution in [-0.4, -0.2) is 17.9 Å². The Kier molecular flexibility index (Phi) is 4.63. The third-order valence-corrected chi connectivity index (χ3v) is 3.77. The van der Waals surface area contributed by atoms with Gasteiger partial charge in [0.2, 0.25) is 0 Å². The monoisotopic (exact) mass is 347 g/mol. The quantitative estimate of drug-likeness (QED) is 0.879. The molecule has 110 valence electrons. The highest BCUT2D eigenvalue weighted by molar-refractivity contribution is 9.10. The minimum Gasteiger partial charge on any atom is -0.373 e. The molecule has 0 unspecified atom stereocenters. The van der Waals surface area contributed by atoms with Crippen LogP contribution in [0.3, 0.4) is 0 Å². The highest BCUT2D eigenvalue weighted by Gasteiger charge is 2.12. The maximum Gasteiger partial charge on any atom is 0.255 e. The van der Waals surface area contributed by atoms with E-state index in [1.165, 1.54) is 0 Å². The molecule has 21 heavy (non-hydrogen) atoms. The van der Waals surface area contributed by atoms with Crippen molar-refractivity contribution in [2.75, 3.05) is 17.7 Å². The standard InChI is InChI=1S/C16H18BrN3O/c1-9-5-10(2)15(13(17)6-9)20-16(21)12-7-11(3)19-14(8-12)18-4/h5-8H,1-4H3,(H,18,19)(H,20,21). The average molecular weight is 348 g/mol. The topological polar surface area (TPSA) is 54.0 Å². The van der Waals surface area contributed by atoms with E-state index in [2.05, 4.69) is 31.5 Å². The number of pyridine rings is 1. The lowest BCUT2D eigenvalue weighted by atomic mass is 10.1. The second-order valence-electron chi connectivity index (χ2n) is 5.03. The summed E-state index contributed by atoms with van der Waals surface area (Å²) >= 11 is 3.50. The number of nitrogens with zero attached hydrogens (tertiary/aromatic N) is 1. The fourth-order valence-corrected chi connectivity index (χ4v) is 2.96. The number of hydrogen-bond acceptors (Lipinski definition) is 3. The summed E-state index contributed by atoms with van der Waals surface area (Å²) in [6, 6.07) is 7.53. The van der Waals surface area contributed by atoms with Gasteiger partial charge in [-0.1, -0.05) is 6.07 Å². The molecule has 2 N–H and O–H groups in total. The summed E-state index contributed by atoms with van der Waals surface area (Å²) in [4.78, 5) is 16.7. The highest BCUT2D eigenvalue weighted by atomic mass is 79.9. The van der Waals surface area contributed by atoms with Gasteiger partial charge in [0.15, 0.2) is 0 Å². The van der Waals surface area contributed by atoms with Gasteiger partial charge in [0, 0.05) is 22.8 Å². The predicted octanol–water partition coefficient (Wildman–Crippen LogP) is 4.06. The van der Waals surface area contributed by atoms with E-state index in [-0.39, 0.29) is 5.91 Å². The first kappa shape index (κ1) is 15.5. The van der Waals surface area contributed by atoms with Gasteiger partial charge in [-0.3, -0.25) is 4.79 Å². The number of aryl methyl sites for hydroxylation is 3. The van der Waals surface area contributed by atoms with E-state index in [0.717, 1.165) is 27.0 Å². The van der Waals surface area contributed by atoms with Crippen LogP contribution in [0.1, 0.15) is 27.2 Å². The molecule has 4 nitrogen and oxygen atoms in total. The lowest BCUT2D eigenvalue weighted by Gasteiger charge is -2.12. The molecule has 2 aromatic rings. The zero-order valence-electron chi connectivity index (χ0n) is 12.5. The minimum atomic E-state index is -0.148. The number of nitrogens with one attached hydrogen (secondary N) is 2. The van der Waals surface area contributed by atoms with Gasteiger partial charge in [-0.15, -0.1) is 0 Å². The Balaban J connectivity index is 2.32. The second-order valence-corrected chi connectivity index (χ2v) is 5.88. The number of hydrogen-bond donors (Lipinski definition) is 2. The number of amides is 1. The van der Waals surface area contributed by atoms with Crippen molar-refractivity contribution in [3.05, 3.63) is 51.1 Å². The molecule has 0 aliphatic rings. The summed E-state index contributed by atoms with van der Waals surface area (Å²) in [5.74, 6) is 0.532. The van der Waals surface area contributed by atoms with Crippen molar-refractivity contribution in [3.63, 3.8) is 0 Å². The molecule has 1 aromatic heterocycles.